The highest BCUT2D eigenvalue weighted by molar-refractivity contribution is 14.0. The van der Waals surface area contributed by atoms with Gasteiger partial charge in [-0.05, 0) is 25.5 Å². The molecule has 130 valence electrons. The number of para-hydroxylation sites is 1. The van der Waals surface area contributed by atoms with Gasteiger partial charge in [0.05, 0.1) is 13.2 Å². The molecule has 0 aromatic heterocycles. The quantitative estimate of drug-likeness (QED) is 0.205. The van der Waals surface area contributed by atoms with E-state index in [0.717, 1.165) is 5.75 Å². The van der Waals surface area contributed by atoms with Gasteiger partial charge in [0.2, 0.25) is 0 Å². The zero-order valence-corrected chi connectivity index (χ0v) is 16.0. The van der Waals surface area contributed by atoms with Crippen LogP contribution in [0.3, 0.4) is 0 Å². The average molecular weight is 435 g/mol. The van der Waals surface area contributed by atoms with Crippen LogP contribution in [0.4, 0.5) is 0 Å². The van der Waals surface area contributed by atoms with Crippen molar-refractivity contribution in [3.8, 4) is 5.75 Å². The number of carbonyl (C=O) groups excluding carboxylic acids is 1. The lowest BCUT2D eigenvalue weighted by molar-refractivity contribution is -0.143. The van der Waals surface area contributed by atoms with Gasteiger partial charge in [-0.2, -0.15) is 0 Å². The number of aliphatic imine (C=N–C) groups is 1. The zero-order valence-electron chi connectivity index (χ0n) is 13.7. The molecular weight excluding hydrogens is 409 g/mol. The van der Waals surface area contributed by atoms with Crippen LogP contribution in [0.1, 0.15) is 19.8 Å². The van der Waals surface area contributed by atoms with Crippen molar-refractivity contribution in [3.63, 3.8) is 0 Å². The minimum Gasteiger partial charge on any atom is -0.492 e. The lowest BCUT2D eigenvalue weighted by atomic mass is 10.3. The Balaban J connectivity index is 0.00000484. The van der Waals surface area contributed by atoms with Crippen LogP contribution in [0.2, 0.25) is 0 Å². The van der Waals surface area contributed by atoms with E-state index in [9.17, 15) is 4.79 Å². The highest BCUT2D eigenvalue weighted by Gasteiger charge is 2.02. The van der Waals surface area contributed by atoms with Crippen LogP contribution in [-0.2, 0) is 9.53 Å². The van der Waals surface area contributed by atoms with Crippen molar-refractivity contribution in [1.29, 1.82) is 0 Å². The molecule has 7 heteroatoms. The molecule has 23 heavy (non-hydrogen) atoms. The van der Waals surface area contributed by atoms with E-state index in [-0.39, 0.29) is 29.9 Å². The second-order valence-corrected chi connectivity index (χ2v) is 4.50. The average Bonchev–Trinajstić information content (AvgIpc) is 2.54. The van der Waals surface area contributed by atoms with Gasteiger partial charge in [0.1, 0.15) is 12.4 Å². The van der Waals surface area contributed by atoms with Crippen molar-refractivity contribution in [1.82, 2.24) is 10.6 Å². The fourth-order valence-corrected chi connectivity index (χ4v) is 1.75. The number of nitrogens with zero attached hydrogens (tertiary/aromatic N) is 1. The smallest absolute Gasteiger partial charge is 0.305 e. The Bertz CT molecular complexity index is 455. The third-order valence-corrected chi connectivity index (χ3v) is 2.79. The second kappa shape index (κ2) is 14.1. The number of ether oxygens (including phenoxy) is 2. The molecule has 0 heterocycles. The number of carbonyl (C=O) groups is 1. The molecule has 0 fully saturated rings. The van der Waals surface area contributed by atoms with Gasteiger partial charge in [-0.1, -0.05) is 18.2 Å². The van der Waals surface area contributed by atoms with Gasteiger partial charge < -0.3 is 20.1 Å². The SMILES string of the molecule is CCOC(=O)CCCNC(=NC)NCCOc1ccccc1.I. The second-order valence-electron chi connectivity index (χ2n) is 4.50. The molecule has 0 bridgehead atoms. The summed E-state index contributed by atoms with van der Waals surface area (Å²) in [6.45, 7) is 4.09. The molecule has 1 rings (SSSR count). The van der Waals surface area contributed by atoms with Gasteiger partial charge in [0.25, 0.3) is 0 Å². The molecule has 0 aliphatic heterocycles. The van der Waals surface area contributed by atoms with Gasteiger partial charge in [-0.3, -0.25) is 9.79 Å². The molecular formula is C16H26IN3O3. The summed E-state index contributed by atoms with van der Waals surface area (Å²) in [6.07, 6.45) is 1.12. The predicted molar refractivity (Wildman–Crippen MR) is 103 cm³/mol. The van der Waals surface area contributed by atoms with E-state index in [2.05, 4.69) is 15.6 Å². The summed E-state index contributed by atoms with van der Waals surface area (Å²) < 4.78 is 10.4. The Morgan fingerprint density at radius 3 is 2.52 bits per heavy atom. The van der Waals surface area contributed by atoms with Crippen LogP contribution < -0.4 is 15.4 Å². The summed E-state index contributed by atoms with van der Waals surface area (Å²) in [5.41, 5.74) is 0. The van der Waals surface area contributed by atoms with Crippen molar-refractivity contribution in [2.24, 2.45) is 4.99 Å². The van der Waals surface area contributed by atoms with E-state index in [1.807, 2.05) is 30.3 Å². The molecule has 0 spiro atoms. The number of hydrogen-bond donors (Lipinski definition) is 2. The summed E-state index contributed by atoms with van der Waals surface area (Å²) >= 11 is 0. The Morgan fingerprint density at radius 1 is 1.17 bits per heavy atom. The molecule has 0 atom stereocenters. The predicted octanol–water partition coefficient (Wildman–Crippen LogP) is 2.19. The number of benzene rings is 1. The molecule has 1 aromatic carbocycles. The standard InChI is InChI=1S/C16H25N3O3.HI/c1-3-21-15(20)10-7-11-18-16(17-2)19-12-13-22-14-8-5-4-6-9-14;/h4-6,8-9H,3,7,10-13H2,1-2H3,(H2,17,18,19);1H. The summed E-state index contributed by atoms with van der Waals surface area (Å²) in [5.74, 6) is 1.38. The van der Waals surface area contributed by atoms with E-state index in [1.165, 1.54) is 0 Å². The zero-order chi connectivity index (χ0) is 16.0. The van der Waals surface area contributed by atoms with Gasteiger partial charge in [-0.15, -0.1) is 24.0 Å². The number of rotatable bonds is 9. The molecule has 1 aromatic rings. The number of nitrogens with one attached hydrogen (secondary N) is 2. The van der Waals surface area contributed by atoms with Crippen LogP contribution in [-0.4, -0.2) is 45.3 Å². The first-order valence-corrected chi connectivity index (χ1v) is 7.54. The third kappa shape index (κ3) is 10.8. The maximum atomic E-state index is 11.2. The van der Waals surface area contributed by atoms with Gasteiger partial charge in [-0.25, -0.2) is 0 Å². The third-order valence-electron chi connectivity index (χ3n) is 2.79. The lowest BCUT2D eigenvalue weighted by Crippen LogP contribution is -2.39. The first-order chi connectivity index (χ1) is 10.8. The van der Waals surface area contributed by atoms with Crippen LogP contribution >= 0.6 is 24.0 Å². The monoisotopic (exact) mass is 435 g/mol. The molecule has 0 radical (unpaired) electrons. The van der Waals surface area contributed by atoms with E-state index in [4.69, 9.17) is 9.47 Å². The van der Waals surface area contributed by atoms with Crippen molar-refractivity contribution in [2.75, 3.05) is 33.4 Å². The Kier molecular flexibility index (Phi) is 13.2. The number of guanidine groups is 1. The first kappa shape index (κ1) is 21.5. The summed E-state index contributed by atoms with van der Waals surface area (Å²) in [6, 6.07) is 9.66. The number of esters is 1. The van der Waals surface area contributed by atoms with Crippen molar-refractivity contribution >= 4 is 35.9 Å². The minimum absolute atomic E-state index is 0. The van der Waals surface area contributed by atoms with E-state index >= 15 is 0 Å². The van der Waals surface area contributed by atoms with Gasteiger partial charge in [0, 0.05) is 20.0 Å². The Labute approximate surface area is 155 Å². The molecule has 0 aliphatic carbocycles. The molecule has 0 amide bonds. The summed E-state index contributed by atoms with van der Waals surface area (Å²) in [7, 11) is 1.71. The maximum absolute atomic E-state index is 11.2. The molecule has 2 N–H and O–H groups in total. The van der Waals surface area contributed by atoms with Crippen molar-refractivity contribution < 1.29 is 14.3 Å². The van der Waals surface area contributed by atoms with Crippen molar-refractivity contribution in [3.05, 3.63) is 30.3 Å². The van der Waals surface area contributed by atoms with Crippen LogP contribution in [0.5, 0.6) is 5.75 Å². The molecule has 0 aliphatic rings. The molecule has 0 saturated carbocycles. The van der Waals surface area contributed by atoms with E-state index in [1.54, 1.807) is 14.0 Å². The fourth-order valence-electron chi connectivity index (χ4n) is 1.75. The lowest BCUT2D eigenvalue weighted by Gasteiger charge is -2.12. The minimum atomic E-state index is -0.163. The summed E-state index contributed by atoms with van der Waals surface area (Å²) in [4.78, 5) is 15.3. The highest BCUT2D eigenvalue weighted by atomic mass is 127. The normalized spacial score (nSPS) is 10.4. The highest BCUT2D eigenvalue weighted by Crippen LogP contribution is 2.07. The Morgan fingerprint density at radius 2 is 1.87 bits per heavy atom. The largest absolute Gasteiger partial charge is 0.492 e. The molecule has 6 nitrogen and oxygen atoms in total. The van der Waals surface area contributed by atoms with Gasteiger partial charge in [0.15, 0.2) is 5.96 Å². The number of halogens is 1. The topological polar surface area (TPSA) is 72.0 Å². The van der Waals surface area contributed by atoms with Gasteiger partial charge >= 0.3 is 5.97 Å². The van der Waals surface area contributed by atoms with E-state index in [0.29, 0.717) is 45.1 Å². The maximum Gasteiger partial charge on any atom is 0.305 e. The fraction of sp³-hybridized carbons (Fsp3) is 0.500. The van der Waals surface area contributed by atoms with Crippen LogP contribution in [0.15, 0.2) is 35.3 Å². The molecule has 0 unspecified atom stereocenters. The summed E-state index contributed by atoms with van der Waals surface area (Å²) in [5, 5.41) is 6.29. The van der Waals surface area contributed by atoms with Crippen LogP contribution in [0, 0.1) is 0 Å². The van der Waals surface area contributed by atoms with E-state index < -0.39 is 0 Å². The number of hydrogen-bond acceptors (Lipinski definition) is 4. The first-order valence-electron chi connectivity index (χ1n) is 7.54. The van der Waals surface area contributed by atoms with Crippen molar-refractivity contribution in [2.45, 2.75) is 19.8 Å². The molecule has 0 saturated heterocycles. The Hall–Kier alpha value is -1.51. The van der Waals surface area contributed by atoms with Crippen LogP contribution in [0.25, 0.3) is 0 Å².